The molecule has 0 aliphatic carbocycles. The van der Waals surface area contributed by atoms with E-state index in [1.54, 1.807) is 0 Å². The van der Waals surface area contributed by atoms with Gasteiger partial charge in [-0.2, -0.15) is 0 Å². The van der Waals surface area contributed by atoms with Gasteiger partial charge in [0.2, 0.25) is 11.8 Å². The van der Waals surface area contributed by atoms with Gasteiger partial charge in [-0.25, -0.2) is 0 Å². The molecule has 19 heavy (non-hydrogen) atoms. The van der Waals surface area contributed by atoms with Crippen molar-refractivity contribution in [3.05, 3.63) is 0 Å². The number of rotatable bonds is 6. The van der Waals surface area contributed by atoms with Crippen LogP contribution in [0.3, 0.4) is 0 Å². The highest BCUT2D eigenvalue weighted by Gasteiger charge is 2.26. The largest absolute Gasteiger partial charge is 0.375 e. The Bertz CT molecular complexity index is 307. The molecule has 1 heterocycles. The molecule has 0 aromatic rings. The quantitative estimate of drug-likeness (QED) is 0.741. The first-order valence-electron chi connectivity index (χ1n) is 7.16. The van der Waals surface area contributed by atoms with Gasteiger partial charge in [0.15, 0.2) is 0 Å². The Kier molecular flexibility index (Phi) is 6.84. The summed E-state index contributed by atoms with van der Waals surface area (Å²) in [5.74, 6) is 0.231. The Hall–Kier alpha value is -1.10. The fourth-order valence-corrected chi connectivity index (χ4v) is 2.24. The van der Waals surface area contributed by atoms with E-state index >= 15 is 0 Å². The summed E-state index contributed by atoms with van der Waals surface area (Å²) in [6, 6.07) is 0.183. The Morgan fingerprint density at radius 1 is 1.26 bits per heavy atom. The summed E-state index contributed by atoms with van der Waals surface area (Å²) in [6.45, 7) is 7.58. The standard InChI is InChI=1S/C14H26N2O3/c1-11-10-19-12(2)9-16(11)14(18)7-5-4-6-8-15-13(3)17/h11-12H,4-10H2,1-3H3,(H,15,17)/t11-,12+/m0/s1. The van der Waals surface area contributed by atoms with Gasteiger partial charge in [-0.05, 0) is 26.7 Å². The van der Waals surface area contributed by atoms with Crippen LogP contribution >= 0.6 is 0 Å². The van der Waals surface area contributed by atoms with Crippen LogP contribution in [0.4, 0.5) is 0 Å². The molecule has 110 valence electrons. The van der Waals surface area contributed by atoms with Gasteiger partial charge in [-0.3, -0.25) is 9.59 Å². The fourth-order valence-electron chi connectivity index (χ4n) is 2.24. The maximum atomic E-state index is 12.1. The summed E-state index contributed by atoms with van der Waals surface area (Å²) in [6.07, 6.45) is 3.52. The average Bonchev–Trinajstić information content (AvgIpc) is 2.36. The number of amides is 2. The third-order valence-corrected chi connectivity index (χ3v) is 3.37. The molecule has 0 unspecified atom stereocenters. The number of nitrogens with zero attached hydrogens (tertiary/aromatic N) is 1. The molecular weight excluding hydrogens is 244 g/mol. The molecule has 0 aromatic carbocycles. The molecule has 0 spiro atoms. The minimum absolute atomic E-state index is 0.00667. The van der Waals surface area contributed by atoms with Crippen molar-refractivity contribution >= 4 is 11.8 Å². The molecular formula is C14H26N2O3. The van der Waals surface area contributed by atoms with Crippen molar-refractivity contribution in [2.24, 2.45) is 0 Å². The summed E-state index contributed by atoms with van der Waals surface area (Å²) in [4.78, 5) is 24.7. The molecule has 5 nitrogen and oxygen atoms in total. The van der Waals surface area contributed by atoms with Crippen LogP contribution in [0.2, 0.25) is 0 Å². The van der Waals surface area contributed by atoms with E-state index in [4.69, 9.17) is 4.74 Å². The minimum Gasteiger partial charge on any atom is -0.375 e. The van der Waals surface area contributed by atoms with Crippen molar-refractivity contribution in [3.63, 3.8) is 0 Å². The van der Waals surface area contributed by atoms with Gasteiger partial charge in [0, 0.05) is 26.4 Å². The molecule has 0 radical (unpaired) electrons. The van der Waals surface area contributed by atoms with Crippen LogP contribution in [0.15, 0.2) is 0 Å². The van der Waals surface area contributed by atoms with Gasteiger partial charge < -0.3 is 15.0 Å². The zero-order valence-electron chi connectivity index (χ0n) is 12.3. The molecule has 1 aliphatic heterocycles. The predicted molar refractivity (Wildman–Crippen MR) is 73.7 cm³/mol. The van der Waals surface area contributed by atoms with Crippen molar-refractivity contribution in [1.29, 1.82) is 0 Å². The molecule has 0 aromatic heterocycles. The second kappa shape index (κ2) is 8.15. The van der Waals surface area contributed by atoms with Gasteiger partial charge in [-0.15, -0.1) is 0 Å². The number of nitrogens with one attached hydrogen (secondary N) is 1. The van der Waals surface area contributed by atoms with Crippen LogP contribution in [-0.2, 0) is 14.3 Å². The van der Waals surface area contributed by atoms with Crippen LogP contribution in [-0.4, -0.2) is 48.6 Å². The number of carbonyl (C=O) groups is 2. The van der Waals surface area contributed by atoms with Crippen molar-refractivity contribution in [1.82, 2.24) is 10.2 Å². The maximum absolute atomic E-state index is 12.1. The molecule has 5 heteroatoms. The first kappa shape index (κ1) is 16.0. The SMILES string of the molecule is CC(=O)NCCCCCC(=O)N1C[C@@H](C)OC[C@@H]1C. The molecule has 1 N–H and O–H groups in total. The van der Waals surface area contributed by atoms with Gasteiger partial charge in [0.1, 0.15) is 0 Å². The van der Waals surface area contributed by atoms with E-state index in [0.717, 1.165) is 19.3 Å². The highest BCUT2D eigenvalue weighted by Crippen LogP contribution is 2.14. The second-order valence-corrected chi connectivity index (χ2v) is 5.33. The van der Waals surface area contributed by atoms with E-state index < -0.39 is 0 Å². The van der Waals surface area contributed by atoms with E-state index in [1.807, 2.05) is 18.7 Å². The molecule has 1 rings (SSSR count). The number of ether oxygens (including phenoxy) is 1. The maximum Gasteiger partial charge on any atom is 0.222 e. The fraction of sp³-hybridized carbons (Fsp3) is 0.857. The van der Waals surface area contributed by atoms with Gasteiger partial charge in [0.25, 0.3) is 0 Å². The summed E-state index contributed by atoms with van der Waals surface area (Å²) in [7, 11) is 0. The second-order valence-electron chi connectivity index (χ2n) is 5.33. The molecule has 2 amide bonds. The van der Waals surface area contributed by atoms with E-state index in [0.29, 0.717) is 26.1 Å². The molecule has 1 fully saturated rings. The predicted octanol–water partition coefficient (Wildman–Crippen LogP) is 1.32. The van der Waals surface area contributed by atoms with E-state index in [9.17, 15) is 9.59 Å². The highest BCUT2D eigenvalue weighted by atomic mass is 16.5. The van der Waals surface area contributed by atoms with Gasteiger partial charge in [-0.1, -0.05) is 6.42 Å². The van der Waals surface area contributed by atoms with Gasteiger partial charge >= 0.3 is 0 Å². The van der Waals surface area contributed by atoms with Crippen LogP contribution in [0.5, 0.6) is 0 Å². The number of hydrogen-bond donors (Lipinski definition) is 1. The lowest BCUT2D eigenvalue weighted by molar-refractivity contribution is -0.143. The Morgan fingerprint density at radius 3 is 2.68 bits per heavy atom. The molecule has 0 saturated carbocycles. The number of carbonyl (C=O) groups excluding carboxylic acids is 2. The summed E-state index contributed by atoms with van der Waals surface area (Å²) >= 11 is 0. The lowest BCUT2D eigenvalue weighted by Gasteiger charge is -2.36. The summed E-state index contributed by atoms with van der Waals surface area (Å²) < 4.78 is 5.52. The number of morpholine rings is 1. The normalized spacial score (nSPS) is 23.2. The summed E-state index contributed by atoms with van der Waals surface area (Å²) in [5, 5.41) is 2.76. The van der Waals surface area contributed by atoms with Crippen LogP contribution in [0.25, 0.3) is 0 Å². The lowest BCUT2D eigenvalue weighted by Crippen LogP contribution is -2.50. The molecule has 2 atom stereocenters. The van der Waals surface area contributed by atoms with Crippen molar-refractivity contribution in [2.75, 3.05) is 19.7 Å². The van der Waals surface area contributed by atoms with E-state index in [-0.39, 0.29) is 24.0 Å². The summed E-state index contributed by atoms with van der Waals surface area (Å²) in [5.41, 5.74) is 0. The minimum atomic E-state index is 0.00667. The Morgan fingerprint density at radius 2 is 2.00 bits per heavy atom. The first-order chi connectivity index (χ1) is 9.00. The zero-order valence-corrected chi connectivity index (χ0v) is 12.3. The first-order valence-corrected chi connectivity index (χ1v) is 7.16. The molecule has 1 aliphatic rings. The van der Waals surface area contributed by atoms with Gasteiger partial charge in [0.05, 0.1) is 18.8 Å². The molecule has 1 saturated heterocycles. The zero-order chi connectivity index (χ0) is 14.3. The lowest BCUT2D eigenvalue weighted by atomic mass is 10.1. The van der Waals surface area contributed by atoms with Crippen molar-refractivity contribution in [2.45, 2.75) is 58.6 Å². The van der Waals surface area contributed by atoms with Crippen LogP contribution in [0, 0.1) is 0 Å². The van der Waals surface area contributed by atoms with Crippen molar-refractivity contribution < 1.29 is 14.3 Å². The smallest absolute Gasteiger partial charge is 0.222 e. The van der Waals surface area contributed by atoms with E-state index in [2.05, 4.69) is 5.32 Å². The Balaban J connectivity index is 2.14. The van der Waals surface area contributed by atoms with Crippen LogP contribution < -0.4 is 5.32 Å². The molecule has 0 bridgehead atoms. The average molecular weight is 270 g/mol. The van der Waals surface area contributed by atoms with Crippen molar-refractivity contribution in [3.8, 4) is 0 Å². The topological polar surface area (TPSA) is 58.6 Å². The third kappa shape index (κ3) is 6.05. The van der Waals surface area contributed by atoms with E-state index in [1.165, 1.54) is 6.92 Å². The number of unbranched alkanes of at least 4 members (excludes halogenated alkanes) is 2. The Labute approximate surface area is 115 Å². The third-order valence-electron chi connectivity index (χ3n) is 3.37. The number of hydrogen-bond acceptors (Lipinski definition) is 3. The van der Waals surface area contributed by atoms with Crippen LogP contribution in [0.1, 0.15) is 46.5 Å². The highest BCUT2D eigenvalue weighted by molar-refractivity contribution is 5.76. The monoisotopic (exact) mass is 270 g/mol.